The summed E-state index contributed by atoms with van der Waals surface area (Å²) in [6.07, 6.45) is -1.23. The first-order valence-electron chi connectivity index (χ1n) is 7.69. The van der Waals surface area contributed by atoms with Crippen LogP contribution in [0, 0.1) is 0 Å². The molecule has 8 nitrogen and oxygen atoms in total. The van der Waals surface area contributed by atoms with Gasteiger partial charge in [-0.3, -0.25) is 14.9 Å². The number of imide groups is 1. The molecule has 4 amide bonds. The lowest BCUT2D eigenvalue weighted by Gasteiger charge is -2.15. The number of carbonyl (C=O) groups excluding carboxylic acids is 4. The molecule has 0 aliphatic rings. The van der Waals surface area contributed by atoms with Crippen LogP contribution in [0.1, 0.15) is 27.0 Å². The highest BCUT2D eigenvalue weighted by Gasteiger charge is 2.23. The van der Waals surface area contributed by atoms with E-state index in [0.717, 1.165) is 0 Å². The highest BCUT2D eigenvalue weighted by molar-refractivity contribution is 7.12. The normalized spacial score (nSPS) is 11.2. The molecule has 0 spiro atoms. The summed E-state index contributed by atoms with van der Waals surface area (Å²) in [6.45, 7) is 1.32. The van der Waals surface area contributed by atoms with E-state index in [1.165, 1.54) is 43.5 Å². The maximum atomic E-state index is 12.4. The summed E-state index contributed by atoms with van der Waals surface area (Å²) in [5.41, 5.74) is 0.161. The summed E-state index contributed by atoms with van der Waals surface area (Å²) < 4.78 is 5.07. The summed E-state index contributed by atoms with van der Waals surface area (Å²) in [5, 5.41) is 8.87. The van der Waals surface area contributed by atoms with Gasteiger partial charge in [-0.05, 0) is 36.6 Å². The smallest absolute Gasteiger partial charge is 0.341 e. The second-order valence-corrected chi connectivity index (χ2v) is 6.62. The number of thiophene rings is 1. The van der Waals surface area contributed by atoms with Gasteiger partial charge in [-0.1, -0.05) is 17.7 Å². The summed E-state index contributed by atoms with van der Waals surface area (Å²) >= 11 is 7.19. The van der Waals surface area contributed by atoms with Crippen LogP contribution in [0.4, 0.5) is 10.5 Å². The third-order valence-electron chi connectivity index (χ3n) is 3.31. The minimum absolute atomic E-state index is 0.0175. The standard InChI is InChI=1S/C17H16ClN3O5S/c1-9(14(22)21-17(25)19-2)26-16(24)11-6-5-10(18)8-12(11)20-15(23)13-4-3-7-27-13/h3-9H,1-2H3,(H,20,23)(H2,19,21,22,25)/t9-/m0/s1. The van der Waals surface area contributed by atoms with Crippen molar-refractivity contribution >= 4 is 52.4 Å². The molecule has 0 saturated carbocycles. The van der Waals surface area contributed by atoms with Gasteiger partial charge in [-0.2, -0.15) is 0 Å². The fraction of sp³-hybridized carbons (Fsp3) is 0.176. The van der Waals surface area contributed by atoms with E-state index in [4.69, 9.17) is 16.3 Å². The van der Waals surface area contributed by atoms with Crippen molar-refractivity contribution < 1.29 is 23.9 Å². The van der Waals surface area contributed by atoms with Gasteiger partial charge in [0.25, 0.3) is 11.8 Å². The van der Waals surface area contributed by atoms with Gasteiger partial charge < -0.3 is 15.4 Å². The molecule has 0 aliphatic heterocycles. The van der Waals surface area contributed by atoms with E-state index in [0.29, 0.717) is 9.90 Å². The predicted molar refractivity (Wildman–Crippen MR) is 101 cm³/mol. The largest absolute Gasteiger partial charge is 0.449 e. The van der Waals surface area contributed by atoms with Gasteiger partial charge in [0.05, 0.1) is 16.1 Å². The van der Waals surface area contributed by atoms with Crippen LogP contribution in [0.2, 0.25) is 5.02 Å². The number of ether oxygens (including phenoxy) is 1. The van der Waals surface area contributed by atoms with Crippen LogP contribution in [0.15, 0.2) is 35.7 Å². The number of urea groups is 1. The number of hydrogen-bond donors (Lipinski definition) is 3. The Bertz CT molecular complexity index is 869. The van der Waals surface area contributed by atoms with E-state index in [2.05, 4.69) is 10.6 Å². The van der Waals surface area contributed by atoms with Crippen LogP contribution in [-0.4, -0.2) is 37.0 Å². The lowest BCUT2D eigenvalue weighted by Crippen LogP contribution is -2.43. The molecule has 0 aliphatic carbocycles. The molecule has 0 unspecified atom stereocenters. The lowest BCUT2D eigenvalue weighted by atomic mass is 10.1. The summed E-state index contributed by atoms with van der Waals surface area (Å²) in [7, 11) is 1.34. The first-order chi connectivity index (χ1) is 12.8. The molecule has 142 valence electrons. The predicted octanol–water partition coefficient (Wildman–Crippen LogP) is 2.65. The molecule has 0 fully saturated rings. The van der Waals surface area contributed by atoms with E-state index in [9.17, 15) is 19.2 Å². The number of esters is 1. The van der Waals surface area contributed by atoms with Gasteiger partial charge in [-0.25, -0.2) is 9.59 Å². The zero-order chi connectivity index (χ0) is 20.0. The van der Waals surface area contributed by atoms with Gasteiger partial charge >= 0.3 is 12.0 Å². The molecule has 0 radical (unpaired) electrons. The van der Waals surface area contributed by atoms with Crippen molar-refractivity contribution in [3.8, 4) is 0 Å². The van der Waals surface area contributed by atoms with Gasteiger partial charge in [0.1, 0.15) is 0 Å². The zero-order valence-corrected chi connectivity index (χ0v) is 15.9. The number of carbonyl (C=O) groups is 4. The Morgan fingerprint density at radius 1 is 1.19 bits per heavy atom. The molecule has 1 aromatic carbocycles. The SMILES string of the molecule is CNC(=O)NC(=O)[C@H](C)OC(=O)c1ccc(Cl)cc1NC(=O)c1cccs1. The van der Waals surface area contributed by atoms with E-state index >= 15 is 0 Å². The van der Waals surface area contributed by atoms with Crippen LogP contribution in [0.5, 0.6) is 0 Å². The monoisotopic (exact) mass is 409 g/mol. The average Bonchev–Trinajstić information content (AvgIpc) is 3.16. The van der Waals surface area contributed by atoms with E-state index in [1.807, 2.05) is 5.32 Å². The van der Waals surface area contributed by atoms with Crippen LogP contribution in [0.25, 0.3) is 0 Å². The second-order valence-electron chi connectivity index (χ2n) is 5.24. The Kier molecular flexibility index (Phi) is 6.91. The van der Waals surface area contributed by atoms with Crippen LogP contribution >= 0.6 is 22.9 Å². The highest BCUT2D eigenvalue weighted by Crippen LogP contribution is 2.24. The maximum Gasteiger partial charge on any atom is 0.341 e. The maximum absolute atomic E-state index is 12.4. The topological polar surface area (TPSA) is 114 Å². The van der Waals surface area contributed by atoms with Crippen LogP contribution in [-0.2, 0) is 9.53 Å². The first-order valence-corrected chi connectivity index (χ1v) is 8.95. The molecule has 2 aromatic rings. The molecule has 1 aromatic heterocycles. The lowest BCUT2D eigenvalue weighted by molar-refractivity contribution is -0.127. The number of amides is 4. The minimum Gasteiger partial charge on any atom is -0.449 e. The van der Waals surface area contributed by atoms with Crippen molar-refractivity contribution in [1.82, 2.24) is 10.6 Å². The van der Waals surface area contributed by atoms with E-state index in [-0.39, 0.29) is 11.3 Å². The quantitative estimate of drug-likeness (QED) is 0.657. The minimum atomic E-state index is -1.23. The molecular weight excluding hydrogens is 394 g/mol. The molecule has 10 heteroatoms. The van der Waals surface area contributed by atoms with Crippen molar-refractivity contribution in [2.75, 3.05) is 12.4 Å². The number of halogens is 1. The van der Waals surface area contributed by atoms with Gasteiger partial charge in [0.2, 0.25) is 0 Å². The zero-order valence-electron chi connectivity index (χ0n) is 14.4. The fourth-order valence-corrected chi connectivity index (χ4v) is 2.73. The fourth-order valence-electron chi connectivity index (χ4n) is 1.94. The van der Waals surface area contributed by atoms with Crippen LogP contribution in [0.3, 0.4) is 0 Å². The summed E-state index contributed by atoms with van der Waals surface area (Å²) in [6, 6.07) is 6.86. The molecule has 3 N–H and O–H groups in total. The molecule has 27 heavy (non-hydrogen) atoms. The van der Waals surface area contributed by atoms with Crippen molar-refractivity contribution in [1.29, 1.82) is 0 Å². The third kappa shape index (κ3) is 5.53. The number of nitrogens with one attached hydrogen (secondary N) is 3. The van der Waals surface area contributed by atoms with E-state index < -0.39 is 29.9 Å². The van der Waals surface area contributed by atoms with Crippen molar-refractivity contribution in [3.63, 3.8) is 0 Å². The number of hydrogen-bond acceptors (Lipinski definition) is 6. The Balaban J connectivity index is 2.15. The summed E-state index contributed by atoms with van der Waals surface area (Å²) in [5.74, 6) is -2.06. The highest BCUT2D eigenvalue weighted by atomic mass is 35.5. The average molecular weight is 410 g/mol. The van der Waals surface area contributed by atoms with Crippen molar-refractivity contribution in [2.45, 2.75) is 13.0 Å². The second kappa shape index (κ2) is 9.15. The Morgan fingerprint density at radius 2 is 1.93 bits per heavy atom. The number of benzene rings is 1. The van der Waals surface area contributed by atoms with Gasteiger partial charge in [0.15, 0.2) is 6.10 Å². The number of rotatable bonds is 5. The van der Waals surface area contributed by atoms with Crippen LogP contribution < -0.4 is 16.0 Å². The molecule has 0 saturated heterocycles. The van der Waals surface area contributed by atoms with Gasteiger partial charge in [-0.15, -0.1) is 11.3 Å². The Morgan fingerprint density at radius 3 is 2.56 bits per heavy atom. The molecule has 1 heterocycles. The van der Waals surface area contributed by atoms with Gasteiger partial charge in [0, 0.05) is 12.1 Å². The molecule has 1 atom stereocenters. The third-order valence-corrected chi connectivity index (χ3v) is 4.42. The molecule has 0 bridgehead atoms. The molecular formula is C17H16ClN3O5S. The first kappa shape index (κ1) is 20.4. The molecule has 2 rings (SSSR count). The van der Waals surface area contributed by atoms with Crippen molar-refractivity contribution in [2.24, 2.45) is 0 Å². The Labute approximate surface area is 163 Å². The Hall–Kier alpha value is -2.91. The van der Waals surface area contributed by atoms with E-state index in [1.54, 1.807) is 17.5 Å². The van der Waals surface area contributed by atoms with Crippen molar-refractivity contribution in [3.05, 3.63) is 51.2 Å². The number of anilines is 1. The summed E-state index contributed by atoms with van der Waals surface area (Å²) in [4.78, 5) is 48.1.